The maximum Gasteiger partial charge on any atom is 0.387 e. The van der Waals surface area contributed by atoms with Gasteiger partial charge in [-0.05, 0) is 25.1 Å². The number of hydrogen-bond acceptors (Lipinski definition) is 4. The molecule has 0 saturated carbocycles. The third-order valence-electron chi connectivity index (χ3n) is 2.56. The molecule has 1 atom stereocenters. The van der Waals surface area contributed by atoms with Gasteiger partial charge in [-0.15, -0.1) is 0 Å². The molecule has 0 aliphatic heterocycles. The zero-order valence-corrected chi connectivity index (χ0v) is 11.3. The summed E-state index contributed by atoms with van der Waals surface area (Å²) in [6, 6.07) is 4.42. The first-order chi connectivity index (χ1) is 9.56. The molecule has 2 aromatic rings. The number of anilines is 1. The Balaban J connectivity index is 2.09. The van der Waals surface area contributed by atoms with Crippen molar-refractivity contribution in [1.29, 1.82) is 0 Å². The Bertz CT molecular complexity index is 569. The summed E-state index contributed by atoms with van der Waals surface area (Å²) in [5.41, 5.74) is 1.44. The van der Waals surface area contributed by atoms with Crippen molar-refractivity contribution in [3.05, 3.63) is 47.5 Å². The second-order valence-electron chi connectivity index (χ2n) is 4.02. The van der Waals surface area contributed by atoms with Crippen LogP contribution < -0.4 is 10.1 Å². The van der Waals surface area contributed by atoms with Crippen molar-refractivity contribution in [3.63, 3.8) is 0 Å². The molecule has 2 rings (SSSR count). The molecule has 20 heavy (non-hydrogen) atoms. The number of benzene rings is 1. The van der Waals surface area contributed by atoms with Gasteiger partial charge in [0, 0.05) is 18.1 Å². The van der Waals surface area contributed by atoms with Crippen molar-refractivity contribution in [1.82, 2.24) is 9.97 Å². The lowest BCUT2D eigenvalue weighted by atomic mass is 10.2. The molecule has 0 fully saturated rings. The summed E-state index contributed by atoms with van der Waals surface area (Å²) in [4.78, 5) is 8.15. The fraction of sp³-hybridized carbons (Fsp3) is 0.231. The number of aromatic nitrogens is 2. The van der Waals surface area contributed by atoms with E-state index >= 15 is 0 Å². The largest absolute Gasteiger partial charge is 0.433 e. The Labute approximate surface area is 119 Å². The van der Waals surface area contributed by atoms with E-state index in [1.807, 2.05) is 6.92 Å². The molecule has 1 heterocycles. The van der Waals surface area contributed by atoms with Crippen LogP contribution in [0.5, 0.6) is 5.75 Å². The van der Waals surface area contributed by atoms with Crippen LogP contribution in [0.4, 0.5) is 14.5 Å². The molecular weight excluding hydrogens is 288 g/mol. The van der Waals surface area contributed by atoms with Gasteiger partial charge in [0.15, 0.2) is 0 Å². The molecule has 1 aromatic carbocycles. The minimum atomic E-state index is -2.90. The molecule has 0 aliphatic carbocycles. The summed E-state index contributed by atoms with van der Waals surface area (Å²) < 4.78 is 28.5. The number of rotatable bonds is 5. The van der Waals surface area contributed by atoms with Crippen LogP contribution in [0.25, 0.3) is 0 Å². The van der Waals surface area contributed by atoms with Gasteiger partial charge in [0.25, 0.3) is 0 Å². The Morgan fingerprint density at radius 2 is 2.10 bits per heavy atom. The molecular formula is C13H12ClF2N3O. The maximum absolute atomic E-state index is 12.1. The lowest BCUT2D eigenvalue weighted by molar-refractivity contribution is -0.0497. The Morgan fingerprint density at radius 3 is 2.70 bits per heavy atom. The van der Waals surface area contributed by atoms with Crippen LogP contribution >= 0.6 is 11.6 Å². The van der Waals surface area contributed by atoms with Crippen LogP contribution in [0.2, 0.25) is 5.02 Å². The number of halogens is 3. The van der Waals surface area contributed by atoms with E-state index in [2.05, 4.69) is 20.0 Å². The molecule has 0 aliphatic rings. The Hall–Kier alpha value is -1.95. The van der Waals surface area contributed by atoms with E-state index in [0.717, 1.165) is 5.69 Å². The fourth-order valence-corrected chi connectivity index (χ4v) is 1.87. The maximum atomic E-state index is 12.1. The highest BCUT2D eigenvalue weighted by Gasteiger charge is 2.11. The standard InChI is InChI=1S/C13H12ClF2N3O/c1-8(11-7-17-4-5-18-11)19-9-2-3-12(10(14)6-9)20-13(15)16/h2-8,13,19H,1H3. The number of ether oxygens (including phenoxy) is 1. The van der Waals surface area contributed by atoms with E-state index < -0.39 is 6.61 Å². The van der Waals surface area contributed by atoms with Gasteiger partial charge in [-0.25, -0.2) is 0 Å². The van der Waals surface area contributed by atoms with Gasteiger partial charge >= 0.3 is 6.61 Å². The smallest absolute Gasteiger partial charge is 0.387 e. The second kappa shape index (κ2) is 6.47. The monoisotopic (exact) mass is 299 g/mol. The van der Waals surface area contributed by atoms with E-state index in [4.69, 9.17) is 11.6 Å². The highest BCUT2D eigenvalue weighted by molar-refractivity contribution is 6.32. The van der Waals surface area contributed by atoms with Crippen LogP contribution in [0.15, 0.2) is 36.8 Å². The molecule has 0 radical (unpaired) electrons. The molecule has 7 heteroatoms. The average molecular weight is 300 g/mol. The van der Waals surface area contributed by atoms with Gasteiger partial charge in [0.2, 0.25) is 0 Å². The number of alkyl halides is 2. The van der Waals surface area contributed by atoms with Gasteiger partial charge in [-0.1, -0.05) is 11.6 Å². The van der Waals surface area contributed by atoms with Crippen molar-refractivity contribution in [3.8, 4) is 5.75 Å². The van der Waals surface area contributed by atoms with Crippen LogP contribution in [0.1, 0.15) is 18.7 Å². The molecule has 1 N–H and O–H groups in total. The first kappa shape index (κ1) is 14.5. The van der Waals surface area contributed by atoms with Gasteiger partial charge in [0.1, 0.15) is 5.75 Å². The van der Waals surface area contributed by atoms with E-state index in [9.17, 15) is 8.78 Å². The van der Waals surface area contributed by atoms with Crippen molar-refractivity contribution >= 4 is 17.3 Å². The SMILES string of the molecule is CC(Nc1ccc(OC(F)F)c(Cl)c1)c1cnccn1. The topological polar surface area (TPSA) is 47.0 Å². The molecule has 106 valence electrons. The zero-order valence-electron chi connectivity index (χ0n) is 10.6. The first-order valence-corrected chi connectivity index (χ1v) is 6.21. The average Bonchev–Trinajstić information content (AvgIpc) is 2.42. The van der Waals surface area contributed by atoms with Gasteiger partial charge in [0.05, 0.1) is 23.0 Å². The van der Waals surface area contributed by atoms with E-state index in [1.165, 1.54) is 12.1 Å². The van der Waals surface area contributed by atoms with E-state index in [1.54, 1.807) is 24.7 Å². The summed E-state index contributed by atoms with van der Waals surface area (Å²) in [5, 5.41) is 3.26. The lowest BCUT2D eigenvalue weighted by Crippen LogP contribution is -2.09. The summed E-state index contributed by atoms with van der Waals surface area (Å²) >= 11 is 5.88. The number of nitrogens with zero attached hydrogens (tertiary/aromatic N) is 2. The molecule has 0 bridgehead atoms. The molecule has 0 amide bonds. The molecule has 0 spiro atoms. The third kappa shape index (κ3) is 3.77. The quantitative estimate of drug-likeness (QED) is 0.909. The van der Waals surface area contributed by atoms with Crippen molar-refractivity contribution in [2.75, 3.05) is 5.32 Å². The molecule has 1 aromatic heterocycles. The van der Waals surface area contributed by atoms with Gasteiger partial charge in [-0.3, -0.25) is 9.97 Å². The van der Waals surface area contributed by atoms with Gasteiger partial charge in [-0.2, -0.15) is 8.78 Å². The predicted octanol–water partition coefficient (Wildman–Crippen LogP) is 3.90. The highest BCUT2D eigenvalue weighted by Crippen LogP contribution is 2.30. The predicted molar refractivity (Wildman–Crippen MR) is 72.2 cm³/mol. The number of nitrogens with one attached hydrogen (secondary N) is 1. The summed E-state index contributed by atoms with van der Waals surface area (Å²) in [6.45, 7) is -0.994. The van der Waals surface area contributed by atoms with Crippen LogP contribution in [0, 0.1) is 0 Å². The second-order valence-corrected chi connectivity index (χ2v) is 4.43. The van der Waals surface area contributed by atoms with Crippen LogP contribution in [0.3, 0.4) is 0 Å². The summed E-state index contributed by atoms with van der Waals surface area (Å²) in [5.74, 6) is -0.0561. The highest BCUT2D eigenvalue weighted by atomic mass is 35.5. The van der Waals surface area contributed by atoms with Crippen LogP contribution in [-0.4, -0.2) is 16.6 Å². The van der Waals surface area contributed by atoms with E-state index in [-0.39, 0.29) is 16.8 Å². The normalized spacial score (nSPS) is 12.2. The van der Waals surface area contributed by atoms with E-state index in [0.29, 0.717) is 5.69 Å². The summed E-state index contributed by atoms with van der Waals surface area (Å²) in [6.07, 6.45) is 4.83. The molecule has 1 unspecified atom stereocenters. The molecule has 0 saturated heterocycles. The van der Waals surface area contributed by atoms with Crippen LogP contribution in [-0.2, 0) is 0 Å². The van der Waals surface area contributed by atoms with Crippen molar-refractivity contribution in [2.24, 2.45) is 0 Å². The van der Waals surface area contributed by atoms with Gasteiger partial charge < -0.3 is 10.1 Å². The van der Waals surface area contributed by atoms with Crippen molar-refractivity contribution < 1.29 is 13.5 Å². The fourth-order valence-electron chi connectivity index (χ4n) is 1.64. The lowest BCUT2D eigenvalue weighted by Gasteiger charge is -2.15. The minimum absolute atomic E-state index is 0.0561. The summed E-state index contributed by atoms with van der Waals surface area (Å²) in [7, 11) is 0. The Kier molecular flexibility index (Phi) is 4.68. The third-order valence-corrected chi connectivity index (χ3v) is 2.85. The number of hydrogen-bond donors (Lipinski definition) is 1. The molecule has 4 nitrogen and oxygen atoms in total. The Morgan fingerprint density at radius 1 is 1.30 bits per heavy atom. The van der Waals surface area contributed by atoms with Crippen molar-refractivity contribution in [2.45, 2.75) is 19.6 Å². The zero-order chi connectivity index (χ0) is 14.5. The minimum Gasteiger partial charge on any atom is -0.433 e. The first-order valence-electron chi connectivity index (χ1n) is 5.83.